The lowest BCUT2D eigenvalue weighted by atomic mass is 9.96. The molecule has 0 spiro atoms. The van der Waals surface area contributed by atoms with Crippen molar-refractivity contribution in [2.45, 2.75) is 107 Å². The average molecular weight is 876 g/mol. The second-order valence-corrected chi connectivity index (χ2v) is 15.6. The number of phosphoric acid groups is 2. The highest BCUT2D eigenvalue weighted by molar-refractivity contribution is 7.59. The van der Waals surface area contributed by atoms with Crippen molar-refractivity contribution in [1.82, 2.24) is 25.5 Å². The van der Waals surface area contributed by atoms with Crippen LogP contribution in [0.3, 0.4) is 0 Å². The lowest BCUT2D eigenvalue weighted by Gasteiger charge is -2.46. The van der Waals surface area contributed by atoms with Gasteiger partial charge in [-0.15, -0.1) is 0 Å². The van der Waals surface area contributed by atoms with Crippen molar-refractivity contribution in [3.63, 3.8) is 0 Å². The molecule has 0 radical (unpaired) electrons. The quantitative estimate of drug-likeness (QED) is 0.0564. The molecule has 2 fully saturated rings. The summed E-state index contributed by atoms with van der Waals surface area (Å²) in [5.74, 6) is -6.67. The molecule has 1 aromatic rings. The van der Waals surface area contributed by atoms with Gasteiger partial charge in [-0.05, 0) is 26.7 Å². The zero-order valence-corrected chi connectivity index (χ0v) is 32.1. The topological polar surface area (TPSA) is 439 Å². The van der Waals surface area contributed by atoms with Crippen molar-refractivity contribution < 1.29 is 101 Å². The summed E-state index contributed by atoms with van der Waals surface area (Å²) in [5.41, 5.74) is -1.89. The standard InChI is InChI=1S/C28H43N5O23P2/c1-10(23(42)31-13(26(44)45)4-5-17(37)38)29-24(43)11(2)52-22-18(30-12(3)35)27(54-14(8-34)20(22)40)55-58(49,50)56-57(47,48)51-9-15-19(39)21(41)25(53-15)33-7-6-16(36)32-28(33)46/h6-7,10-11,13-15,18-22,25,27,34,39-41H,4-5,8-9H2,1-3H3,(H,29,43)(H,30,35)(H,31,42)(H,37,38)(H,44,45)(H,47,48)(H,49,50)(H,32,36,46)/p-4/t10-,11+,13+,14+,15+,18+,19+,20+,21+,22+,25+,27?/m0/s1. The Balaban J connectivity index is 1.71. The van der Waals surface area contributed by atoms with Crippen LogP contribution in [-0.4, -0.2) is 140 Å². The molecule has 3 rings (SSSR count). The largest absolute Gasteiger partial charge is 0.756 e. The van der Waals surface area contributed by atoms with Gasteiger partial charge < -0.3 is 84.7 Å². The van der Waals surface area contributed by atoms with Crippen LogP contribution in [0.1, 0.15) is 39.8 Å². The van der Waals surface area contributed by atoms with E-state index >= 15 is 0 Å². The molecule has 3 unspecified atom stereocenters. The van der Waals surface area contributed by atoms with Gasteiger partial charge in [-0.2, -0.15) is 0 Å². The number of aromatic nitrogens is 2. The number of carbonyl (C=O) groups is 5. The molecule has 2 aliphatic rings. The van der Waals surface area contributed by atoms with E-state index in [-0.39, 0.29) is 0 Å². The van der Waals surface area contributed by atoms with Crippen LogP contribution in [-0.2, 0) is 60.7 Å². The highest BCUT2D eigenvalue weighted by atomic mass is 31.3. The average Bonchev–Trinajstić information content (AvgIpc) is 3.39. The number of amides is 3. The summed E-state index contributed by atoms with van der Waals surface area (Å²) in [6.07, 6.45) is -17.6. The van der Waals surface area contributed by atoms with Gasteiger partial charge >= 0.3 is 5.69 Å². The molecule has 0 saturated carbocycles. The third kappa shape index (κ3) is 13.3. The number of rotatable bonds is 20. The Hall–Kier alpha value is -3.99. The molecule has 0 bridgehead atoms. The predicted octanol–water partition coefficient (Wildman–Crippen LogP) is -9.23. The minimum atomic E-state index is -6.20. The van der Waals surface area contributed by atoms with E-state index in [1.807, 2.05) is 10.3 Å². The summed E-state index contributed by atoms with van der Waals surface area (Å²) >= 11 is 0. The van der Waals surface area contributed by atoms with Crippen LogP contribution in [0.15, 0.2) is 21.9 Å². The lowest BCUT2D eigenvalue weighted by Crippen LogP contribution is -2.66. The first-order valence-corrected chi connectivity index (χ1v) is 19.7. The number of aliphatic hydroxyl groups is 4. The lowest BCUT2D eigenvalue weighted by molar-refractivity contribution is -0.310. The molecular formula is C28H39N5O23P2-4. The molecule has 0 aromatic carbocycles. The first-order valence-electron chi connectivity index (χ1n) is 16.7. The summed E-state index contributed by atoms with van der Waals surface area (Å²) in [5, 5.41) is 69.6. The number of nitrogens with zero attached hydrogens (tertiary/aromatic N) is 1. The maximum atomic E-state index is 13.0. The van der Waals surface area contributed by atoms with Crippen LogP contribution in [0.25, 0.3) is 0 Å². The van der Waals surface area contributed by atoms with Crippen molar-refractivity contribution in [3.8, 4) is 0 Å². The Kier molecular flexibility index (Phi) is 16.9. The van der Waals surface area contributed by atoms with E-state index in [9.17, 15) is 83.1 Å². The minimum absolute atomic E-state index is 0.616. The second-order valence-electron chi connectivity index (χ2n) is 12.6. The van der Waals surface area contributed by atoms with Crippen LogP contribution in [0.2, 0.25) is 0 Å². The van der Waals surface area contributed by atoms with Gasteiger partial charge in [-0.25, -0.2) is 9.11 Å². The third-order valence-electron chi connectivity index (χ3n) is 8.24. The Bertz CT molecular complexity index is 1880. The van der Waals surface area contributed by atoms with E-state index in [1.54, 1.807) is 0 Å². The minimum Gasteiger partial charge on any atom is -0.756 e. The molecule has 1 aromatic heterocycles. The number of hydrogen-bond acceptors (Lipinski definition) is 23. The van der Waals surface area contributed by atoms with E-state index in [1.165, 1.54) is 0 Å². The fourth-order valence-corrected chi connectivity index (χ4v) is 7.48. The molecular weight excluding hydrogens is 836 g/mol. The Morgan fingerprint density at radius 3 is 2.19 bits per heavy atom. The van der Waals surface area contributed by atoms with Gasteiger partial charge in [0.2, 0.25) is 17.7 Å². The SMILES string of the molecule is CC(=O)N[C@H]1C(OP(=O)([O-])OP(=O)([O-])OC[C@H]2O[C@@H](n3ccc(=O)[nH]c3=O)[C@H](O)[C@@H]2O)O[C@H](CO)[C@@H](O)[C@@H]1O[C@H](C)C(=O)N[C@@H](C)C(=O)N[C@H](CCC(=O)[O-])C(=O)[O-]. The van der Waals surface area contributed by atoms with Crippen molar-refractivity contribution in [2.24, 2.45) is 0 Å². The number of ether oxygens (including phenoxy) is 3. The van der Waals surface area contributed by atoms with E-state index in [4.69, 9.17) is 18.7 Å². The highest BCUT2D eigenvalue weighted by Gasteiger charge is 2.50. The molecule has 3 amide bonds. The molecule has 2 saturated heterocycles. The van der Waals surface area contributed by atoms with Gasteiger partial charge in [0.15, 0.2) is 12.5 Å². The van der Waals surface area contributed by atoms with E-state index < -0.39 is 156 Å². The van der Waals surface area contributed by atoms with Gasteiger partial charge in [0, 0.05) is 25.2 Å². The van der Waals surface area contributed by atoms with Crippen LogP contribution in [0.4, 0.5) is 0 Å². The maximum Gasteiger partial charge on any atom is 0.330 e. The number of carboxylic acids is 2. The first kappa shape index (κ1) is 48.4. The normalized spacial score (nSPS) is 29.5. The van der Waals surface area contributed by atoms with E-state index in [0.29, 0.717) is 4.57 Å². The van der Waals surface area contributed by atoms with Crippen molar-refractivity contribution >= 4 is 45.3 Å². The van der Waals surface area contributed by atoms with E-state index in [0.717, 1.165) is 33.0 Å². The number of aliphatic hydroxyl groups excluding tert-OH is 4. The van der Waals surface area contributed by atoms with Crippen LogP contribution >= 0.6 is 15.6 Å². The summed E-state index contributed by atoms with van der Waals surface area (Å²) in [7, 11) is -12.2. The monoisotopic (exact) mass is 875 g/mol. The molecule has 58 heavy (non-hydrogen) atoms. The number of aromatic amines is 1. The molecule has 0 aliphatic carbocycles. The molecule has 14 atom stereocenters. The number of phosphoric ester groups is 2. The van der Waals surface area contributed by atoms with Crippen molar-refractivity contribution in [2.75, 3.05) is 13.2 Å². The predicted molar refractivity (Wildman–Crippen MR) is 173 cm³/mol. The number of carbonyl (C=O) groups excluding carboxylic acids is 5. The summed E-state index contributed by atoms with van der Waals surface area (Å²) in [4.78, 5) is 110. The molecule has 8 N–H and O–H groups in total. The van der Waals surface area contributed by atoms with Crippen LogP contribution < -0.4 is 47.2 Å². The van der Waals surface area contributed by atoms with Gasteiger partial charge in [0.25, 0.3) is 21.2 Å². The zero-order valence-electron chi connectivity index (χ0n) is 30.3. The number of aliphatic carboxylic acids is 2. The van der Waals surface area contributed by atoms with E-state index in [2.05, 4.69) is 19.5 Å². The molecule has 3 heterocycles. The number of nitrogens with one attached hydrogen (secondary N) is 4. The first-order chi connectivity index (χ1) is 26.9. The Morgan fingerprint density at radius 2 is 1.62 bits per heavy atom. The van der Waals surface area contributed by atoms with Gasteiger partial charge in [0.05, 0.1) is 25.2 Å². The number of hydrogen-bond donors (Lipinski definition) is 8. The van der Waals surface area contributed by atoms with Crippen molar-refractivity contribution in [1.29, 1.82) is 0 Å². The molecule has 30 heteroatoms. The van der Waals surface area contributed by atoms with Crippen LogP contribution in [0, 0.1) is 0 Å². The molecule has 328 valence electrons. The zero-order chi connectivity index (χ0) is 43.9. The van der Waals surface area contributed by atoms with Gasteiger partial charge in [0.1, 0.15) is 54.8 Å². The van der Waals surface area contributed by atoms with Crippen molar-refractivity contribution in [3.05, 3.63) is 33.1 Å². The summed E-state index contributed by atoms with van der Waals surface area (Å²) in [6.45, 7) is 0.695. The second kappa shape index (κ2) is 20.3. The Morgan fingerprint density at radius 1 is 0.966 bits per heavy atom. The highest BCUT2D eigenvalue weighted by Crippen LogP contribution is 2.57. The van der Waals surface area contributed by atoms with Gasteiger partial charge in [-0.3, -0.25) is 42.4 Å². The molecule has 2 aliphatic heterocycles. The summed E-state index contributed by atoms with van der Waals surface area (Å²) < 4.78 is 55.4. The summed E-state index contributed by atoms with van der Waals surface area (Å²) in [6, 6.07) is -4.38. The van der Waals surface area contributed by atoms with Gasteiger partial charge in [-0.1, -0.05) is 0 Å². The number of carboxylic acid groups (broad SMARTS) is 2. The smallest absolute Gasteiger partial charge is 0.330 e. The third-order valence-corrected chi connectivity index (χ3v) is 10.8. The van der Waals surface area contributed by atoms with Crippen LogP contribution in [0.5, 0.6) is 0 Å². The fraction of sp³-hybridized carbons (Fsp3) is 0.679. The Labute approximate surface area is 325 Å². The number of H-pyrrole nitrogens is 1. The maximum absolute atomic E-state index is 13.0. The fourth-order valence-electron chi connectivity index (χ4n) is 5.39. The molecule has 28 nitrogen and oxygen atoms in total.